The summed E-state index contributed by atoms with van der Waals surface area (Å²) in [7, 11) is 0. The van der Waals surface area contributed by atoms with Gasteiger partial charge in [0.15, 0.2) is 0 Å². The van der Waals surface area contributed by atoms with E-state index in [1.54, 1.807) is 36.9 Å². The van der Waals surface area contributed by atoms with Crippen LogP contribution in [-0.2, 0) is 0 Å². The van der Waals surface area contributed by atoms with E-state index < -0.39 is 0 Å². The Morgan fingerprint density at radius 3 is 2.83 bits per heavy atom. The Bertz CT molecular complexity index is 679. The summed E-state index contributed by atoms with van der Waals surface area (Å²) in [6.07, 6.45) is 6.58. The van der Waals surface area contributed by atoms with Crippen LogP contribution in [0.5, 0.6) is 0 Å². The SMILES string of the molecule is Cc1ccncc1C(=O)N[C@@H]1CN(c2ncccn2)C[C@H]1CO. The second kappa shape index (κ2) is 6.70. The fourth-order valence-electron chi connectivity index (χ4n) is 2.79. The summed E-state index contributed by atoms with van der Waals surface area (Å²) in [5.74, 6) is 0.384. The third-order valence-electron chi connectivity index (χ3n) is 4.11. The van der Waals surface area contributed by atoms with Crippen LogP contribution >= 0.6 is 0 Å². The topological polar surface area (TPSA) is 91.2 Å². The Balaban J connectivity index is 1.72. The van der Waals surface area contributed by atoms with Gasteiger partial charge in [-0.1, -0.05) is 0 Å². The molecule has 0 spiro atoms. The van der Waals surface area contributed by atoms with Crippen LogP contribution in [-0.4, -0.2) is 51.7 Å². The summed E-state index contributed by atoms with van der Waals surface area (Å²) in [4.78, 5) is 26.9. The van der Waals surface area contributed by atoms with Crippen LogP contribution in [0, 0.1) is 12.8 Å². The van der Waals surface area contributed by atoms with Gasteiger partial charge in [-0.15, -0.1) is 0 Å². The van der Waals surface area contributed by atoms with E-state index in [0.29, 0.717) is 24.6 Å². The van der Waals surface area contributed by atoms with Crippen LogP contribution in [0.1, 0.15) is 15.9 Å². The van der Waals surface area contributed by atoms with Crippen molar-refractivity contribution < 1.29 is 9.90 Å². The molecular formula is C16H19N5O2. The van der Waals surface area contributed by atoms with Gasteiger partial charge >= 0.3 is 0 Å². The van der Waals surface area contributed by atoms with Crippen molar-refractivity contribution in [1.29, 1.82) is 0 Å². The summed E-state index contributed by atoms with van der Waals surface area (Å²) in [6, 6.07) is 3.40. The predicted octanol–water partition coefficient (Wildman–Crippen LogP) is 0.407. The van der Waals surface area contributed by atoms with Gasteiger partial charge in [-0.3, -0.25) is 9.78 Å². The first-order chi connectivity index (χ1) is 11.2. The van der Waals surface area contributed by atoms with Gasteiger partial charge in [-0.25, -0.2) is 9.97 Å². The zero-order chi connectivity index (χ0) is 16.2. The molecule has 23 heavy (non-hydrogen) atoms. The average Bonchev–Trinajstić information content (AvgIpc) is 2.99. The number of nitrogens with zero attached hydrogens (tertiary/aromatic N) is 4. The van der Waals surface area contributed by atoms with Crippen LogP contribution in [0.25, 0.3) is 0 Å². The standard InChI is InChI=1S/C16H19N5O2/c1-11-3-6-17-7-13(11)15(23)20-14-9-21(8-12(14)10-22)16-18-4-2-5-19-16/h2-7,12,14,22H,8-10H2,1H3,(H,20,23)/t12-,14+/m0/s1. The van der Waals surface area contributed by atoms with Gasteiger partial charge in [0.2, 0.25) is 5.95 Å². The number of aliphatic hydroxyl groups is 1. The van der Waals surface area contributed by atoms with Crippen LogP contribution in [0.4, 0.5) is 5.95 Å². The van der Waals surface area contributed by atoms with Crippen molar-refractivity contribution in [3.63, 3.8) is 0 Å². The lowest BCUT2D eigenvalue weighted by atomic mass is 10.0. The second-order valence-electron chi connectivity index (χ2n) is 5.67. The summed E-state index contributed by atoms with van der Waals surface area (Å²) >= 11 is 0. The Morgan fingerprint density at radius 1 is 1.35 bits per heavy atom. The highest BCUT2D eigenvalue weighted by molar-refractivity contribution is 5.95. The number of nitrogens with one attached hydrogen (secondary N) is 1. The predicted molar refractivity (Wildman–Crippen MR) is 85.0 cm³/mol. The molecule has 0 aromatic carbocycles. The molecule has 3 rings (SSSR count). The highest BCUT2D eigenvalue weighted by Crippen LogP contribution is 2.21. The average molecular weight is 313 g/mol. The van der Waals surface area contributed by atoms with Gasteiger partial charge in [-0.2, -0.15) is 0 Å². The van der Waals surface area contributed by atoms with Crippen LogP contribution in [0.3, 0.4) is 0 Å². The van der Waals surface area contributed by atoms with E-state index in [2.05, 4.69) is 20.3 Å². The van der Waals surface area contributed by atoms with E-state index in [4.69, 9.17) is 0 Å². The molecule has 2 N–H and O–H groups in total. The van der Waals surface area contributed by atoms with Gasteiger partial charge in [0.25, 0.3) is 5.91 Å². The largest absolute Gasteiger partial charge is 0.396 e. The number of rotatable bonds is 4. The van der Waals surface area contributed by atoms with Crippen LogP contribution < -0.4 is 10.2 Å². The fraction of sp³-hybridized carbons (Fsp3) is 0.375. The van der Waals surface area contributed by atoms with Crippen molar-refractivity contribution in [3.05, 3.63) is 48.0 Å². The van der Waals surface area contributed by atoms with E-state index in [9.17, 15) is 9.90 Å². The fourth-order valence-corrected chi connectivity index (χ4v) is 2.79. The summed E-state index contributed by atoms with van der Waals surface area (Å²) < 4.78 is 0. The molecule has 1 saturated heterocycles. The van der Waals surface area contributed by atoms with Gasteiger partial charge in [0.1, 0.15) is 0 Å². The molecule has 1 amide bonds. The first kappa shape index (κ1) is 15.4. The zero-order valence-corrected chi connectivity index (χ0v) is 12.9. The first-order valence-corrected chi connectivity index (χ1v) is 7.53. The van der Waals surface area contributed by atoms with Crippen LogP contribution in [0.2, 0.25) is 0 Å². The van der Waals surface area contributed by atoms with Crippen molar-refractivity contribution in [2.24, 2.45) is 5.92 Å². The van der Waals surface area contributed by atoms with Gasteiger partial charge in [-0.05, 0) is 24.6 Å². The van der Waals surface area contributed by atoms with Crippen molar-refractivity contribution in [2.45, 2.75) is 13.0 Å². The van der Waals surface area contributed by atoms with E-state index in [1.807, 2.05) is 11.8 Å². The third-order valence-corrected chi connectivity index (χ3v) is 4.11. The molecular weight excluding hydrogens is 294 g/mol. The minimum atomic E-state index is -0.171. The highest BCUT2D eigenvalue weighted by atomic mass is 16.3. The molecule has 7 heteroatoms. The number of anilines is 1. The third kappa shape index (κ3) is 3.29. The molecule has 0 unspecified atom stereocenters. The minimum absolute atomic E-state index is 0.000300. The molecule has 2 aromatic rings. The molecule has 0 aliphatic carbocycles. The second-order valence-corrected chi connectivity index (χ2v) is 5.67. The maximum Gasteiger partial charge on any atom is 0.253 e. The molecule has 120 valence electrons. The van der Waals surface area contributed by atoms with E-state index >= 15 is 0 Å². The Labute approximate surface area is 134 Å². The number of hydrogen-bond acceptors (Lipinski definition) is 6. The number of amides is 1. The maximum atomic E-state index is 12.4. The number of carbonyl (C=O) groups excluding carboxylic acids is 1. The minimum Gasteiger partial charge on any atom is -0.396 e. The molecule has 1 fully saturated rings. The number of aryl methyl sites for hydroxylation is 1. The van der Waals surface area contributed by atoms with Gasteiger partial charge in [0, 0.05) is 50.4 Å². The van der Waals surface area contributed by atoms with Crippen molar-refractivity contribution in [1.82, 2.24) is 20.3 Å². The number of hydrogen-bond donors (Lipinski definition) is 2. The van der Waals surface area contributed by atoms with E-state index in [0.717, 1.165) is 5.56 Å². The highest BCUT2D eigenvalue weighted by Gasteiger charge is 2.34. The lowest BCUT2D eigenvalue weighted by molar-refractivity contribution is 0.0920. The van der Waals surface area contributed by atoms with Crippen molar-refractivity contribution in [3.8, 4) is 0 Å². The molecule has 0 saturated carbocycles. The molecule has 0 bridgehead atoms. The quantitative estimate of drug-likeness (QED) is 0.849. The lowest BCUT2D eigenvalue weighted by Crippen LogP contribution is -2.41. The van der Waals surface area contributed by atoms with Gasteiger partial charge in [0.05, 0.1) is 11.6 Å². The van der Waals surface area contributed by atoms with Crippen molar-refractivity contribution >= 4 is 11.9 Å². The molecule has 3 heterocycles. The van der Waals surface area contributed by atoms with E-state index in [1.165, 1.54) is 0 Å². The molecule has 0 radical (unpaired) electrons. The number of aliphatic hydroxyl groups excluding tert-OH is 1. The molecule has 2 aromatic heterocycles. The van der Waals surface area contributed by atoms with Crippen molar-refractivity contribution in [2.75, 3.05) is 24.6 Å². The number of carbonyl (C=O) groups is 1. The van der Waals surface area contributed by atoms with E-state index in [-0.39, 0.29) is 24.5 Å². The molecule has 1 aliphatic heterocycles. The summed E-state index contributed by atoms with van der Waals surface area (Å²) in [6.45, 7) is 3.05. The maximum absolute atomic E-state index is 12.4. The first-order valence-electron chi connectivity index (χ1n) is 7.53. The molecule has 2 atom stereocenters. The Hall–Kier alpha value is -2.54. The lowest BCUT2D eigenvalue weighted by Gasteiger charge is -2.18. The van der Waals surface area contributed by atoms with Gasteiger partial charge < -0.3 is 15.3 Å². The smallest absolute Gasteiger partial charge is 0.253 e. The molecule has 7 nitrogen and oxygen atoms in total. The number of aromatic nitrogens is 3. The zero-order valence-electron chi connectivity index (χ0n) is 12.9. The summed E-state index contributed by atoms with van der Waals surface area (Å²) in [5, 5.41) is 12.6. The normalized spacial score (nSPS) is 20.5. The monoisotopic (exact) mass is 313 g/mol. The Morgan fingerprint density at radius 2 is 2.13 bits per heavy atom. The molecule has 1 aliphatic rings. The van der Waals surface area contributed by atoms with Crippen LogP contribution in [0.15, 0.2) is 36.9 Å². The number of pyridine rings is 1. The Kier molecular flexibility index (Phi) is 4.47. The summed E-state index contributed by atoms with van der Waals surface area (Å²) in [5.41, 5.74) is 1.43.